The highest BCUT2D eigenvalue weighted by Gasteiger charge is 2.39. The first-order chi connectivity index (χ1) is 10.4. The van der Waals surface area contributed by atoms with E-state index in [4.69, 9.17) is 0 Å². The largest absolute Gasteiger partial charge is 0.506 e. The highest BCUT2D eigenvalue weighted by atomic mass is 32.2. The summed E-state index contributed by atoms with van der Waals surface area (Å²) in [6.07, 6.45) is 2.55. The van der Waals surface area contributed by atoms with Gasteiger partial charge in [-0.1, -0.05) is 6.92 Å². The minimum Gasteiger partial charge on any atom is -0.506 e. The van der Waals surface area contributed by atoms with Gasteiger partial charge in [-0.15, -0.1) is 0 Å². The predicted octanol–water partition coefficient (Wildman–Crippen LogP) is 1.77. The maximum atomic E-state index is 12.5. The molecule has 1 heterocycles. The fourth-order valence-electron chi connectivity index (χ4n) is 2.77. The second kappa shape index (κ2) is 5.55. The average Bonchev–Trinajstić information content (AvgIpc) is 2.99. The summed E-state index contributed by atoms with van der Waals surface area (Å²) < 4.78 is 26.5. The van der Waals surface area contributed by atoms with E-state index >= 15 is 0 Å². The lowest BCUT2D eigenvalue weighted by Crippen LogP contribution is -2.28. The zero-order valence-electron chi connectivity index (χ0n) is 12.4. The van der Waals surface area contributed by atoms with Gasteiger partial charge in [-0.3, -0.25) is 4.79 Å². The van der Waals surface area contributed by atoms with E-state index in [1.807, 2.05) is 6.92 Å². The predicted molar refractivity (Wildman–Crippen MR) is 82.0 cm³/mol. The van der Waals surface area contributed by atoms with Gasteiger partial charge in [0.25, 0.3) is 0 Å². The van der Waals surface area contributed by atoms with E-state index < -0.39 is 10.0 Å². The Labute approximate surface area is 130 Å². The normalized spacial score (nSPS) is 25.1. The van der Waals surface area contributed by atoms with Crippen LogP contribution in [0.2, 0.25) is 0 Å². The molecule has 2 aliphatic rings. The Balaban J connectivity index is 1.84. The number of nitrogens with one attached hydrogen (secondary N) is 1. The first kappa shape index (κ1) is 15.3. The van der Waals surface area contributed by atoms with Crippen LogP contribution in [0.5, 0.6) is 5.75 Å². The number of hydrogen-bond acceptors (Lipinski definition) is 4. The van der Waals surface area contributed by atoms with Crippen molar-refractivity contribution < 1.29 is 18.3 Å². The number of phenols is 1. The molecule has 0 radical (unpaired) electrons. The van der Waals surface area contributed by atoms with Crippen molar-refractivity contribution in [2.24, 2.45) is 11.8 Å². The van der Waals surface area contributed by atoms with Crippen molar-refractivity contribution in [1.29, 1.82) is 0 Å². The number of hydrogen-bond donors (Lipinski definition) is 2. The molecule has 7 heteroatoms. The summed E-state index contributed by atoms with van der Waals surface area (Å²) in [6, 6.07) is 4.03. The molecule has 0 bridgehead atoms. The lowest BCUT2D eigenvalue weighted by Gasteiger charge is -2.16. The van der Waals surface area contributed by atoms with E-state index in [0.717, 1.165) is 19.3 Å². The molecule has 3 rings (SSSR count). The maximum Gasteiger partial charge on any atom is 0.243 e. The van der Waals surface area contributed by atoms with Gasteiger partial charge in [-0.2, -0.15) is 4.31 Å². The number of sulfonamides is 1. The lowest BCUT2D eigenvalue weighted by atomic mass is 10.2. The quantitative estimate of drug-likeness (QED) is 0.827. The van der Waals surface area contributed by atoms with Crippen LogP contribution in [0.25, 0.3) is 0 Å². The topological polar surface area (TPSA) is 86.7 Å². The molecule has 0 aromatic heterocycles. The van der Waals surface area contributed by atoms with Crippen molar-refractivity contribution in [3.05, 3.63) is 18.2 Å². The van der Waals surface area contributed by atoms with Crippen LogP contribution in [0, 0.1) is 11.8 Å². The maximum absolute atomic E-state index is 12.5. The van der Waals surface area contributed by atoms with Crippen LogP contribution in [0.15, 0.2) is 23.1 Å². The van der Waals surface area contributed by atoms with Crippen molar-refractivity contribution in [3.8, 4) is 5.75 Å². The fourth-order valence-corrected chi connectivity index (χ4v) is 4.31. The molecule has 120 valence electrons. The van der Waals surface area contributed by atoms with E-state index in [1.165, 1.54) is 22.5 Å². The Morgan fingerprint density at radius 1 is 1.32 bits per heavy atom. The van der Waals surface area contributed by atoms with Crippen LogP contribution in [-0.4, -0.2) is 36.8 Å². The molecule has 2 fully saturated rings. The third kappa shape index (κ3) is 2.83. The van der Waals surface area contributed by atoms with Gasteiger partial charge < -0.3 is 10.4 Å². The summed E-state index contributed by atoms with van der Waals surface area (Å²) in [4.78, 5) is 12.1. The fraction of sp³-hybridized carbons (Fsp3) is 0.533. The molecule has 2 atom stereocenters. The number of anilines is 1. The summed E-state index contributed by atoms with van der Waals surface area (Å²) in [5, 5.41) is 12.5. The minimum atomic E-state index is -3.56. The van der Waals surface area contributed by atoms with Gasteiger partial charge in [0, 0.05) is 19.0 Å². The third-order valence-electron chi connectivity index (χ3n) is 4.37. The first-order valence-corrected chi connectivity index (χ1v) is 8.97. The summed E-state index contributed by atoms with van der Waals surface area (Å²) in [5.74, 6) is 0.0115. The number of carbonyl (C=O) groups excluding carboxylic acids is 1. The molecule has 2 unspecified atom stereocenters. The number of phenolic OH excluding ortho intramolecular Hbond substituents is 1. The van der Waals surface area contributed by atoms with Crippen molar-refractivity contribution in [2.75, 3.05) is 18.4 Å². The highest BCUT2D eigenvalue weighted by Crippen LogP contribution is 2.39. The van der Waals surface area contributed by atoms with Crippen LogP contribution in [0.4, 0.5) is 5.69 Å². The molecule has 22 heavy (non-hydrogen) atoms. The molecule has 1 aliphatic heterocycles. The van der Waals surface area contributed by atoms with E-state index in [2.05, 4.69) is 5.32 Å². The van der Waals surface area contributed by atoms with Crippen molar-refractivity contribution in [2.45, 2.75) is 31.1 Å². The molecule has 1 saturated heterocycles. The molecule has 2 N–H and O–H groups in total. The summed E-state index contributed by atoms with van der Waals surface area (Å²) in [6.45, 7) is 3.02. The Morgan fingerprint density at radius 3 is 2.55 bits per heavy atom. The summed E-state index contributed by atoms with van der Waals surface area (Å²) in [5.41, 5.74) is 0.157. The minimum absolute atomic E-state index is 0.0433. The molecule has 1 aromatic carbocycles. The van der Waals surface area contributed by atoms with Gasteiger partial charge in [-0.05, 0) is 43.4 Å². The smallest absolute Gasteiger partial charge is 0.243 e. The summed E-state index contributed by atoms with van der Waals surface area (Å²) in [7, 11) is -3.56. The third-order valence-corrected chi connectivity index (χ3v) is 6.27. The van der Waals surface area contributed by atoms with Crippen LogP contribution in [0.3, 0.4) is 0 Å². The second-order valence-electron chi connectivity index (χ2n) is 6.10. The van der Waals surface area contributed by atoms with Crippen LogP contribution < -0.4 is 5.32 Å². The molecule has 1 aliphatic carbocycles. The Hall–Kier alpha value is -1.60. The van der Waals surface area contributed by atoms with Gasteiger partial charge in [0.2, 0.25) is 15.9 Å². The lowest BCUT2D eigenvalue weighted by molar-refractivity contribution is -0.117. The van der Waals surface area contributed by atoms with Gasteiger partial charge in [0.1, 0.15) is 5.75 Å². The SMILES string of the molecule is CC1CC1C(=O)Nc1cc(S(=O)(=O)N2CCCC2)ccc1O. The van der Waals surface area contributed by atoms with Crippen LogP contribution in [-0.2, 0) is 14.8 Å². The standard InChI is InChI=1S/C15H20N2O4S/c1-10-8-12(10)15(19)16-13-9-11(4-5-14(13)18)22(20,21)17-6-2-3-7-17/h4-5,9-10,12,18H,2-3,6-8H2,1H3,(H,16,19). The average molecular weight is 324 g/mol. The van der Waals surface area contributed by atoms with Crippen LogP contribution in [0.1, 0.15) is 26.2 Å². The van der Waals surface area contributed by atoms with Gasteiger partial charge in [0.15, 0.2) is 0 Å². The molecule has 1 amide bonds. The molecule has 6 nitrogen and oxygen atoms in total. The number of amides is 1. The first-order valence-electron chi connectivity index (χ1n) is 7.53. The van der Waals surface area contributed by atoms with Crippen molar-refractivity contribution in [3.63, 3.8) is 0 Å². The zero-order chi connectivity index (χ0) is 15.9. The second-order valence-corrected chi connectivity index (χ2v) is 8.04. The van der Waals surface area contributed by atoms with Crippen molar-refractivity contribution >= 4 is 21.6 Å². The van der Waals surface area contributed by atoms with Gasteiger partial charge >= 0.3 is 0 Å². The number of carbonyl (C=O) groups is 1. The van der Waals surface area contributed by atoms with Crippen molar-refractivity contribution in [1.82, 2.24) is 4.31 Å². The van der Waals surface area contributed by atoms with Gasteiger partial charge in [0.05, 0.1) is 10.6 Å². The van der Waals surface area contributed by atoms with Crippen LogP contribution >= 0.6 is 0 Å². The number of aromatic hydroxyl groups is 1. The van der Waals surface area contributed by atoms with E-state index in [0.29, 0.717) is 19.0 Å². The van der Waals surface area contributed by atoms with Gasteiger partial charge in [-0.25, -0.2) is 8.42 Å². The monoisotopic (exact) mass is 324 g/mol. The molecular weight excluding hydrogens is 304 g/mol. The molecule has 1 saturated carbocycles. The Bertz CT molecular complexity index is 695. The van der Waals surface area contributed by atoms with E-state index in [-0.39, 0.29) is 28.2 Å². The number of benzene rings is 1. The Kier molecular flexibility index (Phi) is 3.86. The molecular formula is C15H20N2O4S. The van der Waals surface area contributed by atoms with E-state index in [9.17, 15) is 18.3 Å². The summed E-state index contributed by atoms with van der Waals surface area (Å²) >= 11 is 0. The molecule has 0 spiro atoms. The molecule has 1 aromatic rings. The Morgan fingerprint density at radius 2 is 1.95 bits per heavy atom. The highest BCUT2D eigenvalue weighted by molar-refractivity contribution is 7.89. The van der Waals surface area contributed by atoms with E-state index in [1.54, 1.807) is 0 Å². The zero-order valence-corrected chi connectivity index (χ0v) is 13.3. The number of nitrogens with zero attached hydrogens (tertiary/aromatic N) is 1. The number of rotatable bonds is 4.